The van der Waals surface area contributed by atoms with Gasteiger partial charge in [-0.05, 0) is 37.0 Å². The second-order valence-electron chi connectivity index (χ2n) is 5.70. The van der Waals surface area contributed by atoms with Crippen molar-refractivity contribution in [1.82, 2.24) is 0 Å². The molecule has 1 aromatic carbocycles. The van der Waals surface area contributed by atoms with E-state index in [2.05, 4.69) is 0 Å². The monoisotopic (exact) mass is 274 g/mol. The van der Waals surface area contributed by atoms with E-state index in [1.807, 2.05) is 36.1 Å². The Balaban J connectivity index is 1.93. The van der Waals surface area contributed by atoms with E-state index in [1.54, 1.807) is 0 Å². The van der Waals surface area contributed by atoms with Crippen molar-refractivity contribution in [3.63, 3.8) is 0 Å². The highest BCUT2D eigenvalue weighted by Crippen LogP contribution is 2.29. The van der Waals surface area contributed by atoms with Crippen molar-refractivity contribution in [2.75, 3.05) is 11.4 Å². The second kappa shape index (κ2) is 7.44. The maximum Gasteiger partial charge on any atom is 0.226 e. The minimum Gasteiger partial charge on any atom is -0.326 e. The minimum absolute atomic E-state index is 0.250. The number of amides is 1. The number of nitrogens with zero attached hydrogens (tertiary/aromatic N) is 1. The highest BCUT2D eigenvalue weighted by Gasteiger charge is 2.19. The van der Waals surface area contributed by atoms with Gasteiger partial charge >= 0.3 is 0 Å². The van der Waals surface area contributed by atoms with E-state index in [0.29, 0.717) is 13.0 Å². The first-order valence-electron chi connectivity index (χ1n) is 7.84. The first-order chi connectivity index (χ1) is 9.74. The molecular weight excluding hydrogens is 248 g/mol. The van der Waals surface area contributed by atoms with Gasteiger partial charge in [0.05, 0.1) is 0 Å². The van der Waals surface area contributed by atoms with Crippen LogP contribution in [0.1, 0.15) is 51.0 Å². The van der Waals surface area contributed by atoms with Crippen LogP contribution in [0.5, 0.6) is 0 Å². The van der Waals surface area contributed by atoms with Gasteiger partial charge in [-0.25, -0.2) is 0 Å². The van der Waals surface area contributed by atoms with Crippen LogP contribution in [-0.2, 0) is 11.3 Å². The third kappa shape index (κ3) is 3.83. The van der Waals surface area contributed by atoms with Crippen LogP contribution in [0.2, 0.25) is 0 Å². The fourth-order valence-corrected chi connectivity index (χ4v) is 3.08. The Hall–Kier alpha value is -1.35. The normalized spacial score (nSPS) is 15.5. The number of carbonyl (C=O) groups is 1. The third-order valence-electron chi connectivity index (χ3n) is 4.34. The number of hydrogen-bond donors (Lipinski definition) is 1. The van der Waals surface area contributed by atoms with Gasteiger partial charge in [0.2, 0.25) is 5.91 Å². The van der Waals surface area contributed by atoms with Crippen LogP contribution in [0.4, 0.5) is 5.69 Å². The second-order valence-corrected chi connectivity index (χ2v) is 5.70. The van der Waals surface area contributed by atoms with Gasteiger partial charge in [0.1, 0.15) is 0 Å². The Kier molecular flexibility index (Phi) is 5.60. The van der Waals surface area contributed by atoms with E-state index >= 15 is 0 Å². The molecule has 0 aromatic heterocycles. The predicted octanol–water partition coefficient (Wildman–Crippen LogP) is 3.47. The third-order valence-corrected chi connectivity index (χ3v) is 4.34. The lowest BCUT2D eigenvalue weighted by molar-refractivity contribution is -0.118. The molecule has 0 radical (unpaired) electrons. The van der Waals surface area contributed by atoms with E-state index < -0.39 is 0 Å². The Morgan fingerprint density at radius 1 is 1.25 bits per heavy atom. The standard InChI is InChI=1S/C17H26N2O/c1-2-19(16-10-7-15(13-18)8-11-16)17(20)12-9-14-5-3-4-6-14/h7-8,10-11,14H,2-6,9,12-13,18H2,1H3. The number of hydrogen-bond acceptors (Lipinski definition) is 2. The Morgan fingerprint density at radius 2 is 1.90 bits per heavy atom. The van der Waals surface area contributed by atoms with E-state index in [9.17, 15) is 4.79 Å². The highest BCUT2D eigenvalue weighted by molar-refractivity contribution is 5.93. The first-order valence-corrected chi connectivity index (χ1v) is 7.84. The molecule has 0 saturated heterocycles. The summed E-state index contributed by atoms with van der Waals surface area (Å²) in [7, 11) is 0. The summed E-state index contributed by atoms with van der Waals surface area (Å²) in [4.78, 5) is 14.3. The fourth-order valence-electron chi connectivity index (χ4n) is 3.08. The lowest BCUT2D eigenvalue weighted by Gasteiger charge is -2.22. The summed E-state index contributed by atoms with van der Waals surface area (Å²) in [5, 5.41) is 0. The van der Waals surface area contributed by atoms with Gasteiger partial charge in [-0.2, -0.15) is 0 Å². The number of anilines is 1. The van der Waals surface area contributed by atoms with Crippen molar-refractivity contribution in [2.45, 2.75) is 52.0 Å². The van der Waals surface area contributed by atoms with E-state index in [4.69, 9.17) is 5.73 Å². The SMILES string of the molecule is CCN(C(=O)CCC1CCCC1)c1ccc(CN)cc1. The molecule has 1 aromatic rings. The molecule has 1 aliphatic rings. The molecule has 3 nitrogen and oxygen atoms in total. The Morgan fingerprint density at radius 3 is 2.45 bits per heavy atom. The quantitative estimate of drug-likeness (QED) is 0.863. The van der Waals surface area contributed by atoms with Crippen LogP contribution in [0.15, 0.2) is 24.3 Å². The Labute approximate surface area is 122 Å². The molecule has 110 valence electrons. The Bertz CT molecular complexity index is 421. The number of carbonyl (C=O) groups excluding carboxylic acids is 1. The summed E-state index contributed by atoms with van der Waals surface area (Å²) < 4.78 is 0. The van der Waals surface area contributed by atoms with Gasteiger partial charge in [0.15, 0.2) is 0 Å². The van der Waals surface area contributed by atoms with Gasteiger partial charge < -0.3 is 10.6 Å². The summed E-state index contributed by atoms with van der Waals surface area (Å²) in [6.07, 6.45) is 7.04. The van der Waals surface area contributed by atoms with E-state index in [1.165, 1.54) is 25.7 Å². The molecule has 0 bridgehead atoms. The molecule has 1 fully saturated rings. The van der Waals surface area contributed by atoms with E-state index in [-0.39, 0.29) is 5.91 Å². The molecule has 0 spiro atoms. The molecule has 0 atom stereocenters. The van der Waals surface area contributed by atoms with Gasteiger partial charge in [-0.3, -0.25) is 4.79 Å². The molecule has 0 heterocycles. The summed E-state index contributed by atoms with van der Waals surface area (Å²) in [6.45, 7) is 3.30. The maximum absolute atomic E-state index is 12.4. The van der Waals surface area contributed by atoms with Crippen molar-refractivity contribution in [2.24, 2.45) is 11.7 Å². The molecule has 1 saturated carbocycles. The molecule has 2 N–H and O–H groups in total. The molecule has 0 aliphatic heterocycles. The van der Waals surface area contributed by atoms with Crippen LogP contribution in [0, 0.1) is 5.92 Å². The summed E-state index contributed by atoms with van der Waals surface area (Å²) in [5.74, 6) is 1.03. The number of rotatable bonds is 6. The predicted molar refractivity (Wildman–Crippen MR) is 83.6 cm³/mol. The number of benzene rings is 1. The molecule has 1 amide bonds. The zero-order valence-corrected chi connectivity index (χ0v) is 12.5. The van der Waals surface area contributed by atoms with Gasteiger partial charge in [0, 0.05) is 25.2 Å². The fraction of sp³-hybridized carbons (Fsp3) is 0.588. The smallest absolute Gasteiger partial charge is 0.226 e. The lowest BCUT2D eigenvalue weighted by Crippen LogP contribution is -2.30. The molecule has 20 heavy (non-hydrogen) atoms. The van der Waals surface area contributed by atoms with Crippen LogP contribution in [0.25, 0.3) is 0 Å². The highest BCUT2D eigenvalue weighted by atomic mass is 16.2. The van der Waals surface area contributed by atoms with E-state index in [0.717, 1.165) is 30.1 Å². The lowest BCUT2D eigenvalue weighted by atomic mass is 10.0. The van der Waals surface area contributed by atoms with Crippen molar-refractivity contribution in [1.29, 1.82) is 0 Å². The number of nitrogens with two attached hydrogens (primary N) is 1. The molecule has 1 aliphatic carbocycles. The van der Waals surface area contributed by atoms with Crippen molar-refractivity contribution < 1.29 is 4.79 Å². The van der Waals surface area contributed by atoms with Crippen molar-refractivity contribution >= 4 is 11.6 Å². The minimum atomic E-state index is 0.250. The topological polar surface area (TPSA) is 46.3 Å². The van der Waals surface area contributed by atoms with Crippen molar-refractivity contribution in [3.05, 3.63) is 29.8 Å². The zero-order chi connectivity index (χ0) is 14.4. The van der Waals surface area contributed by atoms with Crippen LogP contribution >= 0.6 is 0 Å². The molecule has 2 rings (SSSR count). The van der Waals surface area contributed by atoms with Gasteiger partial charge in [-0.1, -0.05) is 37.8 Å². The van der Waals surface area contributed by atoms with Gasteiger partial charge in [-0.15, -0.1) is 0 Å². The summed E-state index contributed by atoms with van der Waals surface area (Å²) in [6, 6.07) is 8.00. The average Bonchev–Trinajstić information content (AvgIpc) is 3.00. The molecule has 3 heteroatoms. The van der Waals surface area contributed by atoms with Crippen molar-refractivity contribution in [3.8, 4) is 0 Å². The van der Waals surface area contributed by atoms with Crippen LogP contribution in [0.3, 0.4) is 0 Å². The summed E-state index contributed by atoms with van der Waals surface area (Å²) >= 11 is 0. The maximum atomic E-state index is 12.4. The average molecular weight is 274 g/mol. The molecule has 0 unspecified atom stereocenters. The summed E-state index contributed by atoms with van der Waals surface area (Å²) in [5.41, 5.74) is 7.69. The first kappa shape index (κ1) is 15.0. The van der Waals surface area contributed by atoms with Crippen LogP contribution in [-0.4, -0.2) is 12.5 Å². The van der Waals surface area contributed by atoms with Gasteiger partial charge in [0.25, 0.3) is 0 Å². The molecular formula is C17H26N2O. The zero-order valence-electron chi connectivity index (χ0n) is 12.5. The van der Waals surface area contributed by atoms with Crippen LogP contribution < -0.4 is 10.6 Å². The largest absolute Gasteiger partial charge is 0.326 e.